The van der Waals surface area contributed by atoms with Crippen LogP contribution in [0.25, 0.3) is 0 Å². The highest BCUT2D eigenvalue weighted by atomic mass is 35.5. The third-order valence-electron chi connectivity index (χ3n) is 3.49. The lowest BCUT2D eigenvalue weighted by molar-refractivity contribution is -0.132. The molecule has 1 atom stereocenters. The Hall–Kier alpha value is -0.360. The number of nitrogens with one attached hydrogen (secondary N) is 1. The first-order valence-corrected chi connectivity index (χ1v) is 8.06. The van der Waals surface area contributed by atoms with Gasteiger partial charge in [0.2, 0.25) is 5.91 Å². The van der Waals surface area contributed by atoms with Crippen LogP contribution in [0.1, 0.15) is 37.4 Å². The zero-order chi connectivity index (χ0) is 13.7. The van der Waals surface area contributed by atoms with Gasteiger partial charge in [0, 0.05) is 24.5 Å². The third kappa shape index (κ3) is 5.74. The van der Waals surface area contributed by atoms with E-state index in [2.05, 4.69) is 24.1 Å². The molecule has 0 saturated carbocycles. The first-order chi connectivity index (χ1) is 9.24. The van der Waals surface area contributed by atoms with Crippen LogP contribution in [0.5, 0.6) is 0 Å². The average Bonchev–Trinajstić information content (AvgIpc) is 3.06. The van der Waals surface area contributed by atoms with Gasteiger partial charge < -0.3 is 10.2 Å². The average molecular weight is 354 g/mol. The van der Waals surface area contributed by atoms with E-state index in [0.29, 0.717) is 12.5 Å². The van der Waals surface area contributed by atoms with E-state index in [1.807, 2.05) is 10.3 Å². The molecule has 2 heterocycles. The number of aryl methyl sites for hydroxylation is 1. The van der Waals surface area contributed by atoms with Crippen LogP contribution in [0.3, 0.4) is 0 Å². The molecule has 0 aromatic carbocycles. The maximum atomic E-state index is 12.4. The second-order valence-corrected chi connectivity index (χ2v) is 5.94. The van der Waals surface area contributed by atoms with Crippen LogP contribution in [0.2, 0.25) is 0 Å². The Balaban J connectivity index is 0.00000200. The highest BCUT2D eigenvalue weighted by molar-refractivity contribution is 7.09. The molecule has 0 radical (unpaired) electrons. The standard InChI is InChI=1S/C14H23N3OS.2ClH/c1-3-7-17(12-5-6-15-9-12)14(18)8-11-10-19-13(4-2)16-11;;/h10,12,15H,3-9H2,1-2H3;2*1H. The highest BCUT2D eigenvalue weighted by Gasteiger charge is 2.26. The predicted octanol–water partition coefficient (Wildman–Crippen LogP) is 2.69. The van der Waals surface area contributed by atoms with E-state index >= 15 is 0 Å². The first-order valence-electron chi connectivity index (χ1n) is 7.18. The molecule has 1 aliphatic rings. The second kappa shape index (κ2) is 10.4. The van der Waals surface area contributed by atoms with Crippen molar-refractivity contribution in [2.24, 2.45) is 0 Å². The maximum absolute atomic E-state index is 12.4. The molecule has 1 fully saturated rings. The van der Waals surface area contributed by atoms with Gasteiger partial charge in [-0.15, -0.1) is 36.2 Å². The molecule has 0 bridgehead atoms. The summed E-state index contributed by atoms with van der Waals surface area (Å²) in [6.45, 7) is 7.03. The number of hydrogen-bond acceptors (Lipinski definition) is 4. The molecular formula is C14H25Cl2N3OS. The Morgan fingerprint density at radius 2 is 2.24 bits per heavy atom. The minimum Gasteiger partial charge on any atom is -0.338 e. The molecule has 1 amide bonds. The molecule has 122 valence electrons. The monoisotopic (exact) mass is 353 g/mol. The van der Waals surface area contributed by atoms with Gasteiger partial charge in [0.1, 0.15) is 0 Å². The predicted molar refractivity (Wildman–Crippen MR) is 93.0 cm³/mol. The third-order valence-corrected chi connectivity index (χ3v) is 4.54. The van der Waals surface area contributed by atoms with Crippen LogP contribution < -0.4 is 5.32 Å². The van der Waals surface area contributed by atoms with Crippen LogP contribution in [-0.4, -0.2) is 41.5 Å². The van der Waals surface area contributed by atoms with Gasteiger partial charge in [-0.3, -0.25) is 4.79 Å². The van der Waals surface area contributed by atoms with E-state index in [0.717, 1.165) is 49.6 Å². The summed E-state index contributed by atoms with van der Waals surface area (Å²) >= 11 is 1.65. The number of nitrogens with zero attached hydrogens (tertiary/aromatic N) is 2. The molecule has 1 N–H and O–H groups in total. The van der Waals surface area contributed by atoms with E-state index in [1.54, 1.807) is 11.3 Å². The summed E-state index contributed by atoms with van der Waals surface area (Å²) in [5, 5.41) is 6.48. The molecule has 7 heteroatoms. The Morgan fingerprint density at radius 1 is 1.48 bits per heavy atom. The lowest BCUT2D eigenvalue weighted by atomic mass is 10.2. The van der Waals surface area contributed by atoms with E-state index < -0.39 is 0 Å². The molecular weight excluding hydrogens is 329 g/mol. The van der Waals surface area contributed by atoms with Crippen molar-refractivity contribution in [3.8, 4) is 0 Å². The molecule has 1 aromatic heterocycles. The van der Waals surface area contributed by atoms with Crippen LogP contribution >= 0.6 is 36.2 Å². The lowest BCUT2D eigenvalue weighted by Crippen LogP contribution is -2.42. The van der Waals surface area contributed by atoms with Crippen molar-refractivity contribution in [1.82, 2.24) is 15.2 Å². The largest absolute Gasteiger partial charge is 0.338 e. The van der Waals surface area contributed by atoms with Crippen molar-refractivity contribution in [2.45, 2.75) is 45.6 Å². The molecule has 2 rings (SSSR count). The summed E-state index contributed by atoms with van der Waals surface area (Å²) in [5.41, 5.74) is 0.930. The van der Waals surface area contributed by atoms with Crippen molar-refractivity contribution < 1.29 is 4.79 Å². The van der Waals surface area contributed by atoms with Crippen LogP contribution in [0, 0.1) is 0 Å². The molecule has 1 saturated heterocycles. The first kappa shape index (κ1) is 20.6. The summed E-state index contributed by atoms with van der Waals surface area (Å²) in [6.07, 6.45) is 3.49. The van der Waals surface area contributed by atoms with Gasteiger partial charge in [-0.2, -0.15) is 0 Å². The van der Waals surface area contributed by atoms with E-state index in [4.69, 9.17) is 0 Å². The van der Waals surface area contributed by atoms with Crippen LogP contribution in [0.4, 0.5) is 0 Å². The van der Waals surface area contributed by atoms with Crippen molar-refractivity contribution in [1.29, 1.82) is 0 Å². The number of halogens is 2. The molecule has 4 nitrogen and oxygen atoms in total. The van der Waals surface area contributed by atoms with Gasteiger partial charge in [-0.05, 0) is 25.8 Å². The van der Waals surface area contributed by atoms with Gasteiger partial charge in [0.25, 0.3) is 0 Å². The maximum Gasteiger partial charge on any atom is 0.228 e. The normalized spacial score (nSPS) is 17.0. The second-order valence-electron chi connectivity index (χ2n) is 5.00. The quantitative estimate of drug-likeness (QED) is 0.854. The summed E-state index contributed by atoms with van der Waals surface area (Å²) in [6, 6.07) is 0.372. The SMILES string of the molecule is CCCN(C(=O)Cc1csc(CC)n1)C1CCNC1.Cl.Cl. The van der Waals surface area contributed by atoms with Crippen LogP contribution in [-0.2, 0) is 17.6 Å². The number of amides is 1. The fraction of sp³-hybridized carbons (Fsp3) is 0.714. The lowest BCUT2D eigenvalue weighted by Gasteiger charge is -2.28. The van der Waals surface area contributed by atoms with Crippen molar-refractivity contribution in [2.75, 3.05) is 19.6 Å². The molecule has 21 heavy (non-hydrogen) atoms. The number of hydrogen-bond donors (Lipinski definition) is 1. The van der Waals surface area contributed by atoms with Crippen molar-refractivity contribution in [3.63, 3.8) is 0 Å². The van der Waals surface area contributed by atoms with Gasteiger partial charge in [0.05, 0.1) is 17.1 Å². The van der Waals surface area contributed by atoms with Gasteiger partial charge in [-0.1, -0.05) is 13.8 Å². The fourth-order valence-corrected chi connectivity index (χ4v) is 3.25. The molecule has 1 unspecified atom stereocenters. The van der Waals surface area contributed by atoms with Gasteiger partial charge in [-0.25, -0.2) is 4.98 Å². The van der Waals surface area contributed by atoms with Gasteiger partial charge >= 0.3 is 0 Å². The number of rotatable bonds is 6. The summed E-state index contributed by atoms with van der Waals surface area (Å²) in [4.78, 5) is 19.0. The summed E-state index contributed by atoms with van der Waals surface area (Å²) in [5.74, 6) is 0.225. The minimum absolute atomic E-state index is 0. The Labute approximate surface area is 143 Å². The number of carbonyl (C=O) groups is 1. The molecule has 1 aliphatic heterocycles. The summed E-state index contributed by atoms with van der Waals surface area (Å²) < 4.78 is 0. The number of carbonyl (C=O) groups excluding carboxylic acids is 1. The highest BCUT2D eigenvalue weighted by Crippen LogP contribution is 2.15. The Morgan fingerprint density at radius 3 is 2.76 bits per heavy atom. The number of thiazole rings is 1. The smallest absolute Gasteiger partial charge is 0.228 e. The zero-order valence-electron chi connectivity index (χ0n) is 12.6. The Bertz CT molecular complexity index is 422. The van der Waals surface area contributed by atoms with E-state index in [1.165, 1.54) is 0 Å². The minimum atomic E-state index is 0. The summed E-state index contributed by atoms with van der Waals surface area (Å²) in [7, 11) is 0. The van der Waals surface area contributed by atoms with Gasteiger partial charge in [0.15, 0.2) is 0 Å². The zero-order valence-corrected chi connectivity index (χ0v) is 15.1. The fourth-order valence-electron chi connectivity index (χ4n) is 2.51. The van der Waals surface area contributed by atoms with Crippen LogP contribution in [0.15, 0.2) is 5.38 Å². The van der Waals surface area contributed by atoms with Crippen molar-refractivity contribution >= 4 is 42.1 Å². The van der Waals surface area contributed by atoms with E-state index in [9.17, 15) is 4.79 Å². The molecule has 1 aromatic rings. The topological polar surface area (TPSA) is 45.2 Å². The van der Waals surface area contributed by atoms with Crippen molar-refractivity contribution in [3.05, 3.63) is 16.1 Å². The Kier molecular flexibility index (Phi) is 10.2. The van der Waals surface area contributed by atoms with E-state index in [-0.39, 0.29) is 30.7 Å². The molecule has 0 spiro atoms. The number of aromatic nitrogens is 1. The molecule has 0 aliphatic carbocycles.